The summed E-state index contributed by atoms with van der Waals surface area (Å²) in [6.07, 6.45) is 0.543. The smallest absolute Gasteiger partial charge is 0.289 e. The average Bonchev–Trinajstić information content (AvgIpc) is 3.18. The lowest BCUT2D eigenvalue weighted by molar-refractivity contribution is -0.122. The van der Waals surface area contributed by atoms with Crippen LogP contribution in [0.5, 0.6) is 5.75 Å². The summed E-state index contributed by atoms with van der Waals surface area (Å²) in [5, 5.41) is 11.2. The molecule has 0 spiro atoms. The molecule has 0 saturated heterocycles. The monoisotopic (exact) mass is 425 g/mol. The Bertz CT molecular complexity index is 1070. The van der Waals surface area contributed by atoms with Crippen LogP contribution in [0.25, 0.3) is 0 Å². The van der Waals surface area contributed by atoms with E-state index in [1.54, 1.807) is 25.2 Å². The summed E-state index contributed by atoms with van der Waals surface area (Å²) in [7, 11) is 1.66. The van der Waals surface area contributed by atoms with Gasteiger partial charge in [-0.25, -0.2) is 0 Å². The molecule has 154 valence electrons. The van der Waals surface area contributed by atoms with Crippen molar-refractivity contribution in [2.24, 2.45) is 5.92 Å². The van der Waals surface area contributed by atoms with Gasteiger partial charge in [0.1, 0.15) is 18.2 Å². The molecular formula is C21H20ClN5O3. The van der Waals surface area contributed by atoms with E-state index in [0.29, 0.717) is 28.7 Å². The fourth-order valence-electron chi connectivity index (χ4n) is 3.24. The molecule has 0 bridgehead atoms. The van der Waals surface area contributed by atoms with Crippen molar-refractivity contribution in [2.75, 3.05) is 25.1 Å². The van der Waals surface area contributed by atoms with Gasteiger partial charge in [0.2, 0.25) is 11.7 Å². The zero-order chi connectivity index (χ0) is 21.1. The minimum Gasteiger partial charge on any atom is -0.490 e. The van der Waals surface area contributed by atoms with Crippen molar-refractivity contribution in [1.29, 1.82) is 0 Å². The minimum absolute atomic E-state index is 0.103. The summed E-state index contributed by atoms with van der Waals surface area (Å²) < 4.78 is 5.76. The van der Waals surface area contributed by atoms with E-state index >= 15 is 0 Å². The normalized spacial score (nSPS) is 15.9. The SMILES string of the molecule is CN1C(=O)C(CNC(=O)c2nnc(Cc3ccccc3)[nH]2)COc2ccc(Cl)cc21. The lowest BCUT2D eigenvalue weighted by Gasteiger charge is -2.19. The van der Waals surface area contributed by atoms with Crippen LogP contribution in [0.2, 0.25) is 5.02 Å². The molecule has 0 saturated carbocycles. The van der Waals surface area contributed by atoms with Gasteiger partial charge in [0.05, 0.1) is 11.6 Å². The van der Waals surface area contributed by atoms with Gasteiger partial charge in [-0.05, 0) is 23.8 Å². The molecule has 2 aromatic carbocycles. The molecule has 2 N–H and O–H groups in total. The highest BCUT2D eigenvalue weighted by atomic mass is 35.5. The quantitative estimate of drug-likeness (QED) is 0.654. The summed E-state index contributed by atoms with van der Waals surface area (Å²) in [4.78, 5) is 29.7. The molecular weight excluding hydrogens is 406 g/mol. The van der Waals surface area contributed by atoms with E-state index in [0.717, 1.165) is 5.56 Å². The van der Waals surface area contributed by atoms with Gasteiger partial charge >= 0.3 is 0 Å². The van der Waals surface area contributed by atoms with Gasteiger partial charge in [0, 0.05) is 25.0 Å². The number of nitrogens with zero attached hydrogens (tertiary/aromatic N) is 3. The van der Waals surface area contributed by atoms with Gasteiger partial charge in [-0.3, -0.25) is 9.59 Å². The molecule has 1 aliphatic heterocycles. The first-order valence-electron chi connectivity index (χ1n) is 9.45. The van der Waals surface area contributed by atoms with Gasteiger partial charge in [-0.1, -0.05) is 41.9 Å². The van der Waals surface area contributed by atoms with E-state index in [-0.39, 0.29) is 24.9 Å². The number of rotatable bonds is 5. The molecule has 1 unspecified atom stereocenters. The molecule has 1 aromatic heterocycles. The molecule has 2 heterocycles. The lowest BCUT2D eigenvalue weighted by atomic mass is 10.1. The summed E-state index contributed by atoms with van der Waals surface area (Å²) in [5.74, 6) is 0.126. The largest absolute Gasteiger partial charge is 0.490 e. The number of aromatic nitrogens is 3. The topological polar surface area (TPSA) is 100 Å². The maximum atomic E-state index is 12.8. The van der Waals surface area contributed by atoms with E-state index in [2.05, 4.69) is 20.5 Å². The van der Waals surface area contributed by atoms with Gasteiger partial charge in [-0.2, -0.15) is 0 Å². The second-order valence-electron chi connectivity index (χ2n) is 7.01. The Morgan fingerprint density at radius 2 is 2.07 bits per heavy atom. The fraction of sp³-hybridized carbons (Fsp3) is 0.238. The van der Waals surface area contributed by atoms with Crippen LogP contribution in [0.3, 0.4) is 0 Å². The number of halogens is 1. The Morgan fingerprint density at radius 1 is 1.27 bits per heavy atom. The number of carbonyl (C=O) groups is 2. The Balaban J connectivity index is 1.38. The highest BCUT2D eigenvalue weighted by Gasteiger charge is 2.30. The van der Waals surface area contributed by atoms with Crippen LogP contribution in [0.4, 0.5) is 5.69 Å². The van der Waals surface area contributed by atoms with Crippen molar-refractivity contribution in [2.45, 2.75) is 6.42 Å². The number of anilines is 1. The molecule has 1 aliphatic rings. The molecule has 0 radical (unpaired) electrons. The van der Waals surface area contributed by atoms with Crippen LogP contribution >= 0.6 is 11.6 Å². The van der Waals surface area contributed by atoms with Crippen LogP contribution in [0.15, 0.2) is 48.5 Å². The van der Waals surface area contributed by atoms with Crippen molar-refractivity contribution in [3.05, 3.63) is 70.8 Å². The first kappa shape index (κ1) is 19.9. The van der Waals surface area contributed by atoms with E-state index in [9.17, 15) is 9.59 Å². The zero-order valence-corrected chi connectivity index (χ0v) is 17.0. The highest BCUT2D eigenvalue weighted by molar-refractivity contribution is 6.31. The van der Waals surface area contributed by atoms with Crippen molar-refractivity contribution >= 4 is 29.1 Å². The van der Waals surface area contributed by atoms with E-state index < -0.39 is 11.8 Å². The Morgan fingerprint density at radius 3 is 2.87 bits per heavy atom. The third kappa shape index (κ3) is 4.28. The number of fused-ring (bicyclic) bond motifs is 1. The Hall–Kier alpha value is -3.39. The molecule has 8 nitrogen and oxygen atoms in total. The van der Waals surface area contributed by atoms with Crippen molar-refractivity contribution in [3.63, 3.8) is 0 Å². The standard InChI is InChI=1S/C21H20ClN5O3/c1-27-16-10-15(22)7-8-17(16)30-12-14(21(27)29)11-23-20(28)19-24-18(25-26-19)9-13-5-3-2-4-6-13/h2-8,10,14H,9,11-12H2,1H3,(H,23,28)(H,24,25,26). The van der Waals surface area contributed by atoms with Gasteiger partial charge in [0.15, 0.2) is 0 Å². The molecule has 30 heavy (non-hydrogen) atoms. The second kappa shape index (κ2) is 8.54. The number of carbonyl (C=O) groups excluding carboxylic acids is 2. The maximum Gasteiger partial charge on any atom is 0.289 e. The third-order valence-corrected chi connectivity index (χ3v) is 5.11. The van der Waals surface area contributed by atoms with Crippen LogP contribution in [0.1, 0.15) is 22.0 Å². The lowest BCUT2D eigenvalue weighted by Crippen LogP contribution is -2.41. The van der Waals surface area contributed by atoms with E-state index in [1.807, 2.05) is 30.3 Å². The maximum absolute atomic E-state index is 12.8. The van der Waals surface area contributed by atoms with Crippen LogP contribution in [-0.2, 0) is 11.2 Å². The van der Waals surface area contributed by atoms with Crippen LogP contribution in [0, 0.1) is 5.92 Å². The predicted octanol–water partition coefficient (Wildman–Crippen LogP) is 2.45. The number of benzene rings is 2. The molecule has 2 amide bonds. The number of aromatic amines is 1. The molecule has 1 atom stereocenters. The van der Waals surface area contributed by atoms with Gasteiger partial charge in [0.25, 0.3) is 5.91 Å². The van der Waals surface area contributed by atoms with Crippen LogP contribution < -0.4 is 15.0 Å². The minimum atomic E-state index is -0.545. The number of hydrogen-bond donors (Lipinski definition) is 2. The molecule has 4 rings (SSSR count). The summed E-state index contributed by atoms with van der Waals surface area (Å²) in [5.41, 5.74) is 1.66. The third-order valence-electron chi connectivity index (χ3n) is 4.87. The van der Waals surface area contributed by atoms with Gasteiger partial charge < -0.3 is 19.9 Å². The van der Waals surface area contributed by atoms with E-state index in [1.165, 1.54) is 4.90 Å². The second-order valence-corrected chi connectivity index (χ2v) is 7.45. The fourth-order valence-corrected chi connectivity index (χ4v) is 3.41. The zero-order valence-electron chi connectivity index (χ0n) is 16.3. The summed E-state index contributed by atoms with van der Waals surface area (Å²) in [6.45, 7) is 0.256. The van der Waals surface area contributed by atoms with E-state index in [4.69, 9.17) is 16.3 Å². The first-order valence-corrected chi connectivity index (χ1v) is 9.82. The number of H-pyrrole nitrogens is 1. The number of ether oxygens (including phenoxy) is 1. The number of nitrogens with one attached hydrogen (secondary N) is 2. The van der Waals surface area contributed by atoms with Gasteiger partial charge in [-0.15, -0.1) is 10.2 Å². The predicted molar refractivity (Wildman–Crippen MR) is 112 cm³/mol. The molecule has 3 aromatic rings. The Labute approximate surface area is 178 Å². The van der Waals surface area contributed by atoms with Crippen LogP contribution in [-0.4, -0.2) is 47.2 Å². The summed E-state index contributed by atoms with van der Waals surface area (Å²) >= 11 is 6.04. The van der Waals surface area contributed by atoms with Crippen molar-refractivity contribution in [1.82, 2.24) is 20.5 Å². The number of amides is 2. The van der Waals surface area contributed by atoms with Crippen molar-refractivity contribution in [3.8, 4) is 5.75 Å². The highest BCUT2D eigenvalue weighted by Crippen LogP contribution is 2.34. The Kier molecular flexibility index (Phi) is 5.67. The number of hydrogen-bond acceptors (Lipinski definition) is 5. The molecule has 0 aliphatic carbocycles. The average molecular weight is 426 g/mol. The first-order chi connectivity index (χ1) is 14.5. The van der Waals surface area contributed by atoms with Crippen molar-refractivity contribution < 1.29 is 14.3 Å². The summed E-state index contributed by atoms with van der Waals surface area (Å²) in [6, 6.07) is 14.9. The molecule has 9 heteroatoms. The molecule has 0 fully saturated rings.